The fraction of sp³-hybridized carbons (Fsp3) is 0.320. The van der Waals surface area contributed by atoms with Gasteiger partial charge in [0, 0.05) is 53.0 Å². The summed E-state index contributed by atoms with van der Waals surface area (Å²) < 4.78 is 0. The fourth-order valence-electron chi connectivity index (χ4n) is 4.11. The predicted molar refractivity (Wildman–Crippen MR) is 123 cm³/mol. The number of aromatic nitrogens is 2. The van der Waals surface area contributed by atoms with E-state index in [1.54, 1.807) is 11.8 Å². The second-order valence-corrected chi connectivity index (χ2v) is 8.77. The Morgan fingerprint density at radius 1 is 1.13 bits per heavy atom. The van der Waals surface area contributed by atoms with Crippen molar-refractivity contribution in [3.63, 3.8) is 0 Å². The van der Waals surface area contributed by atoms with Crippen LogP contribution in [0.4, 0.5) is 0 Å². The van der Waals surface area contributed by atoms with Crippen LogP contribution in [0.2, 0.25) is 0 Å². The minimum atomic E-state index is 0.0551. The molecule has 1 aliphatic rings. The third-order valence-corrected chi connectivity index (χ3v) is 6.43. The van der Waals surface area contributed by atoms with Crippen LogP contribution in [-0.2, 0) is 6.54 Å². The number of hydrogen-bond acceptors (Lipinski definition) is 5. The number of piperidine rings is 1. The van der Waals surface area contributed by atoms with Crippen LogP contribution in [0.25, 0.3) is 11.4 Å². The molecule has 0 aliphatic carbocycles. The molecule has 1 saturated heterocycles. The van der Waals surface area contributed by atoms with Crippen LogP contribution in [-0.4, -0.2) is 40.0 Å². The smallest absolute Gasteiger partial charge is 0.168 e. The van der Waals surface area contributed by atoms with Crippen molar-refractivity contribution < 1.29 is 4.79 Å². The largest absolute Gasteiger partial charge is 0.298 e. The molecule has 0 amide bonds. The molecule has 0 radical (unpaired) electrons. The van der Waals surface area contributed by atoms with Crippen molar-refractivity contribution in [2.75, 3.05) is 19.3 Å². The van der Waals surface area contributed by atoms with Crippen LogP contribution in [0.15, 0.2) is 65.8 Å². The van der Waals surface area contributed by atoms with Gasteiger partial charge in [-0.25, -0.2) is 9.97 Å². The number of rotatable bonds is 6. The molecule has 4 nitrogen and oxygen atoms in total. The normalized spacial score (nSPS) is 17.1. The summed E-state index contributed by atoms with van der Waals surface area (Å²) in [5, 5.41) is 0. The maximum atomic E-state index is 13.1. The Hall–Kier alpha value is -2.50. The van der Waals surface area contributed by atoms with E-state index in [-0.39, 0.29) is 11.7 Å². The Kier molecular flexibility index (Phi) is 6.60. The van der Waals surface area contributed by atoms with Crippen molar-refractivity contribution >= 4 is 17.5 Å². The molecule has 1 aromatic heterocycles. The van der Waals surface area contributed by atoms with E-state index in [1.165, 1.54) is 5.56 Å². The summed E-state index contributed by atoms with van der Waals surface area (Å²) in [5.41, 5.74) is 4.19. The number of Topliss-reactive ketones (excluding diaryl/α,β-unsaturated/α-hetero) is 1. The monoisotopic (exact) mass is 417 g/mol. The van der Waals surface area contributed by atoms with Crippen molar-refractivity contribution in [1.82, 2.24) is 14.9 Å². The van der Waals surface area contributed by atoms with E-state index in [2.05, 4.69) is 33.9 Å². The summed E-state index contributed by atoms with van der Waals surface area (Å²) in [6.07, 6.45) is 7.86. The number of hydrogen-bond donors (Lipinski definition) is 0. The Bertz CT molecular complexity index is 1020. The standard InChI is InChI=1S/C25H27N3OS/c1-18-7-5-8-20(13-18)25-26-14-19(15-27-25)16-28-12-6-9-21(17-28)24(29)22-10-3-4-11-23(22)30-2/h3-5,7-8,10-11,13-15,21H,6,9,12,16-17H2,1-2H3/t21-/m1/s1. The number of carbonyl (C=O) groups is 1. The third-order valence-electron chi connectivity index (χ3n) is 5.64. The average Bonchev–Trinajstić information content (AvgIpc) is 2.79. The van der Waals surface area contributed by atoms with E-state index in [1.807, 2.05) is 55.0 Å². The Morgan fingerprint density at radius 2 is 1.93 bits per heavy atom. The molecule has 1 atom stereocenters. The summed E-state index contributed by atoms with van der Waals surface area (Å²) in [4.78, 5) is 25.7. The molecule has 30 heavy (non-hydrogen) atoms. The van der Waals surface area contributed by atoms with Gasteiger partial charge in [-0.3, -0.25) is 9.69 Å². The second kappa shape index (κ2) is 9.54. The van der Waals surface area contributed by atoms with Gasteiger partial charge >= 0.3 is 0 Å². The van der Waals surface area contributed by atoms with E-state index in [0.29, 0.717) is 0 Å². The van der Waals surface area contributed by atoms with Gasteiger partial charge in [-0.05, 0) is 44.7 Å². The maximum Gasteiger partial charge on any atom is 0.168 e. The Labute approximate surface area is 182 Å². The lowest BCUT2D eigenvalue weighted by Gasteiger charge is -2.32. The van der Waals surface area contributed by atoms with Crippen molar-refractivity contribution in [2.24, 2.45) is 5.92 Å². The van der Waals surface area contributed by atoms with Gasteiger partial charge in [0.1, 0.15) is 0 Å². The summed E-state index contributed by atoms with van der Waals surface area (Å²) in [6.45, 7) is 4.65. The molecule has 0 saturated carbocycles. The molecule has 5 heteroatoms. The van der Waals surface area contributed by atoms with Crippen LogP contribution in [0, 0.1) is 12.8 Å². The lowest BCUT2D eigenvalue weighted by molar-refractivity contribution is 0.0808. The van der Waals surface area contributed by atoms with E-state index in [0.717, 1.165) is 59.9 Å². The highest BCUT2D eigenvalue weighted by Gasteiger charge is 2.27. The highest BCUT2D eigenvalue weighted by atomic mass is 32.2. The van der Waals surface area contributed by atoms with Crippen LogP contribution in [0.5, 0.6) is 0 Å². The molecule has 2 aromatic carbocycles. The van der Waals surface area contributed by atoms with E-state index < -0.39 is 0 Å². The molecule has 2 heterocycles. The zero-order valence-electron chi connectivity index (χ0n) is 17.5. The van der Waals surface area contributed by atoms with E-state index >= 15 is 0 Å². The first-order valence-electron chi connectivity index (χ1n) is 10.4. The quantitative estimate of drug-likeness (QED) is 0.404. The molecular formula is C25H27N3OS. The highest BCUT2D eigenvalue weighted by molar-refractivity contribution is 7.98. The van der Waals surface area contributed by atoms with Gasteiger partial charge in [-0.15, -0.1) is 11.8 Å². The number of thioether (sulfide) groups is 1. The third kappa shape index (κ3) is 4.79. The van der Waals surface area contributed by atoms with Gasteiger partial charge in [0.2, 0.25) is 0 Å². The van der Waals surface area contributed by atoms with Crippen LogP contribution in [0.1, 0.15) is 34.3 Å². The van der Waals surface area contributed by atoms with Crippen molar-refractivity contribution in [2.45, 2.75) is 31.2 Å². The zero-order chi connectivity index (χ0) is 20.9. The van der Waals surface area contributed by atoms with Crippen LogP contribution < -0.4 is 0 Å². The molecule has 0 N–H and O–H groups in total. The fourth-order valence-corrected chi connectivity index (χ4v) is 4.71. The first-order chi connectivity index (χ1) is 14.6. The first kappa shape index (κ1) is 20.8. The molecule has 0 unspecified atom stereocenters. The predicted octanol–water partition coefficient (Wildman–Crippen LogP) is 5.27. The summed E-state index contributed by atoms with van der Waals surface area (Å²) in [6, 6.07) is 16.2. The molecule has 1 fully saturated rings. The molecule has 4 rings (SSSR count). The van der Waals surface area contributed by atoms with Gasteiger partial charge < -0.3 is 0 Å². The second-order valence-electron chi connectivity index (χ2n) is 7.92. The summed E-state index contributed by atoms with van der Waals surface area (Å²) >= 11 is 1.64. The van der Waals surface area contributed by atoms with Gasteiger partial charge in [0.25, 0.3) is 0 Å². The number of benzene rings is 2. The van der Waals surface area contributed by atoms with Gasteiger partial charge in [-0.1, -0.05) is 42.0 Å². The number of carbonyl (C=O) groups excluding carboxylic acids is 1. The van der Waals surface area contributed by atoms with E-state index in [4.69, 9.17) is 0 Å². The molecule has 0 bridgehead atoms. The zero-order valence-corrected chi connectivity index (χ0v) is 18.4. The molecular weight excluding hydrogens is 390 g/mol. The van der Waals surface area contributed by atoms with Crippen molar-refractivity contribution in [1.29, 1.82) is 0 Å². The molecule has 0 spiro atoms. The van der Waals surface area contributed by atoms with Crippen LogP contribution >= 0.6 is 11.8 Å². The summed E-state index contributed by atoms with van der Waals surface area (Å²) in [5.74, 6) is 1.08. The maximum absolute atomic E-state index is 13.1. The van der Waals surface area contributed by atoms with Gasteiger partial charge in [-0.2, -0.15) is 0 Å². The Morgan fingerprint density at radius 3 is 2.70 bits per heavy atom. The van der Waals surface area contributed by atoms with Gasteiger partial charge in [0.05, 0.1) is 0 Å². The first-order valence-corrected chi connectivity index (χ1v) is 11.6. The average molecular weight is 418 g/mol. The van der Waals surface area contributed by atoms with Crippen molar-refractivity contribution in [3.8, 4) is 11.4 Å². The lowest BCUT2D eigenvalue weighted by atomic mass is 9.90. The SMILES string of the molecule is CSc1ccccc1C(=O)[C@@H]1CCCN(Cc2cnc(-c3cccc(C)c3)nc2)C1. The number of nitrogens with zero attached hydrogens (tertiary/aromatic N) is 3. The van der Waals surface area contributed by atoms with Crippen LogP contribution in [0.3, 0.4) is 0 Å². The number of ketones is 1. The van der Waals surface area contributed by atoms with Crippen molar-refractivity contribution in [3.05, 3.63) is 77.6 Å². The van der Waals surface area contributed by atoms with E-state index in [9.17, 15) is 4.79 Å². The lowest BCUT2D eigenvalue weighted by Crippen LogP contribution is -2.38. The van der Waals surface area contributed by atoms with Gasteiger partial charge in [0.15, 0.2) is 11.6 Å². The molecule has 3 aromatic rings. The number of likely N-dealkylation sites (tertiary alicyclic amines) is 1. The topological polar surface area (TPSA) is 46.1 Å². The summed E-state index contributed by atoms with van der Waals surface area (Å²) in [7, 11) is 0. The number of aryl methyl sites for hydroxylation is 1. The minimum Gasteiger partial charge on any atom is -0.298 e. The molecule has 154 valence electrons. The highest BCUT2D eigenvalue weighted by Crippen LogP contribution is 2.27. The molecule has 1 aliphatic heterocycles. The minimum absolute atomic E-state index is 0.0551. The Balaban J connectivity index is 1.42.